The first kappa shape index (κ1) is 13.7. The molecule has 3 aliphatic rings. The fourth-order valence-electron chi connectivity index (χ4n) is 4.61. The van der Waals surface area contributed by atoms with Gasteiger partial charge in [-0.25, -0.2) is 4.79 Å². The van der Waals surface area contributed by atoms with Gasteiger partial charge in [-0.3, -0.25) is 4.79 Å². The van der Waals surface area contributed by atoms with Crippen molar-refractivity contribution in [3.63, 3.8) is 0 Å². The molecule has 0 saturated heterocycles. The minimum atomic E-state index is -0.410. The van der Waals surface area contributed by atoms with Crippen LogP contribution in [0.1, 0.15) is 39.0 Å². The SMILES string of the molecule is C=C(COC(C)=O)C(=O)OC1CC2CC1C1CCCC21. The summed E-state index contributed by atoms with van der Waals surface area (Å²) in [6, 6.07) is 0. The van der Waals surface area contributed by atoms with E-state index in [-0.39, 0.29) is 18.3 Å². The standard InChI is InChI=1S/C16H22O4/c1-9(8-19-10(2)17)16(18)20-15-7-11-6-14(15)13-5-3-4-12(11)13/h11-15H,1,3-8H2,2H3. The summed E-state index contributed by atoms with van der Waals surface area (Å²) in [5.74, 6) is 2.16. The number of rotatable bonds is 4. The Morgan fingerprint density at radius 3 is 2.65 bits per heavy atom. The van der Waals surface area contributed by atoms with Gasteiger partial charge in [-0.1, -0.05) is 13.0 Å². The number of esters is 2. The predicted molar refractivity (Wildman–Crippen MR) is 72.7 cm³/mol. The maximum atomic E-state index is 12.0. The molecule has 110 valence electrons. The van der Waals surface area contributed by atoms with E-state index in [0.29, 0.717) is 5.92 Å². The number of carbonyl (C=O) groups excluding carboxylic acids is 2. The van der Waals surface area contributed by atoms with E-state index in [1.165, 1.54) is 32.6 Å². The molecule has 3 saturated carbocycles. The molecular formula is C16H22O4. The monoisotopic (exact) mass is 278 g/mol. The van der Waals surface area contributed by atoms with Crippen molar-refractivity contribution in [1.29, 1.82) is 0 Å². The van der Waals surface area contributed by atoms with Crippen molar-refractivity contribution in [2.45, 2.75) is 45.1 Å². The largest absolute Gasteiger partial charge is 0.461 e. The minimum absolute atomic E-state index is 0.0564. The van der Waals surface area contributed by atoms with Gasteiger partial charge < -0.3 is 9.47 Å². The number of ether oxygens (including phenoxy) is 2. The number of carbonyl (C=O) groups is 2. The number of fused-ring (bicyclic) bond motifs is 5. The Bertz CT molecular complexity index is 442. The summed E-state index contributed by atoms with van der Waals surface area (Å²) in [6.45, 7) is 4.89. The Kier molecular flexibility index (Phi) is 3.57. The molecule has 0 N–H and O–H groups in total. The van der Waals surface area contributed by atoms with Crippen LogP contribution in [0, 0.1) is 23.7 Å². The quantitative estimate of drug-likeness (QED) is 0.585. The first-order valence-electron chi connectivity index (χ1n) is 7.58. The van der Waals surface area contributed by atoms with Crippen LogP contribution in [-0.2, 0) is 19.1 Å². The van der Waals surface area contributed by atoms with Crippen molar-refractivity contribution in [2.24, 2.45) is 23.7 Å². The van der Waals surface area contributed by atoms with Gasteiger partial charge in [0.25, 0.3) is 0 Å². The summed E-state index contributed by atoms with van der Waals surface area (Å²) in [5.41, 5.74) is 0.228. The van der Waals surface area contributed by atoms with Crippen LogP contribution in [0.25, 0.3) is 0 Å². The maximum Gasteiger partial charge on any atom is 0.337 e. The smallest absolute Gasteiger partial charge is 0.337 e. The highest BCUT2D eigenvalue weighted by Crippen LogP contribution is 2.59. The van der Waals surface area contributed by atoms with Gasteiger partial charge in [0.1, 0.15) is 12.7 Å². The van der Waals surface area contributed by atoms with E-state index in [2.05, 4.69) is 6.58 Å². The number of hydrogen-bond donors (Lipinski definition) is 0. The van der Waals surface area contributed by atoms with E-state index >= 15 is 0 Å². The van der Waals surface area contributed by atoms with Crippen LogP contribution < -0.4 is 0 Å². The molecule has 0 aromatic heterocycles. The molecule has 0 amide bonds. The van der Waals surface area contributed by atoms with E-state index in [9.17, 15) is 9.59 Å². The van der Waals surface area contributed by atoms with E-state index < -0.39 is 11.9 Å². The summed E-state index contributed by atoms with van der Waals surface area (Å²) in [7, 11) is 0. The van der Waals surface area contributed by atoms with Gasteiger partial charge in [-0.05, 0) is 49.4 Å². The van der Waals surface area contributed by atoms with Gasteiger partial charge in [-0.2, -0.15) is 0 Å². The normalized spacial score (nSPS) is 37.5. The van der Waals surface area contributed by atoms with Gasteiger partial charge >= 0.3 is 11.9 Å². The summed E-state index contributed by atoms with van der Waals surface area (Å²) < 4.78 is 10.4. The molecule has 0 aromatic rings. The van der Waals surface area contributed by atoms with Crippen LogP contribution in [0.15, 0.2) is 12.2 Å². The van der Waals surface area contributed by atoms with Crippen LogP contribution in [0.3, 0.4) is 0 Å². The molecule has 0 aromatic carbocycles. The third-order valence-corrected chi connectivity index (χ3v) is 5.36. The van der Waals surface area contributed by atoms with Crippen LogP contribution in [-0.4, -0.2) is 24.6 Å². The molecule has 5 unspecified atom stereocenters. The Labute approximate surface area is 119 Å². The summed E-state index contributed by atoms with van der Waals surface area (Å²) in [6.07, 6.45) is 6.30. The van der Waals surface area contributed by atoms with Gasteiger partial charge in [0.15, 0.2) is 0 Å². The molecule has 2 bridgehead atoms. The Morgan fingerprint density at radius 2 is 1.90 bits per heavy atom. The summed E-state index contributed by atoms with van der Waals surface area (Å²) in [5, 5.41) is 0. The van der Waals surface area contributed by atoms with Crippen LogP contribution >= 0.6 is 0 Å². The molecule has 3 fully saturated rings. The molecule has 3 aliphatic carbocycles. The zero-order chi connectivity index (χ0) is 14.3. The lowest BCUT2D eigenvalue weighted by molar-refractivity contribution is -0.149. The van der Waals surface area contributed by atoms with Gasteiger partial charge in [0.2, 0.25) is 0 Å². The first-order valence-corrected chi connectivity index (χ1v) is 7.58. The third kappa shape index (κ3) is 2.36. The molecule has 4 nitrogen and oxygen atoms in total. The van der Waals surface area contributed by atoms with Crippen molar-refractivity contribution in [3.05, 3.63) is 12.2 Å². The van der Waals surface area contributed by atoms with Gasteiger partial charge in [-0.15, -0.1) is 0 Å². The zero-order valence-electron chi connectivity index (χ0n) is 12.0. The lowest BCUT2D eigenvalue weighted by Gasteiger charge is -2.31. The van der Waals surface area contributed by atoms with Crippen molar-refractivity contribution in [3.8, 4) is 0 Å². The average Bonchev–Trinajstić information content (AvgIpc) is 3.06. The lowest BCUT2D eigenvalue weighted by Crippen LogP contribution is -2.32. The fraction of sp³-hybridized carbons (Fsp3) is 0.750. The molecular weight excluding hydrogens is 256 g/mol. The van der Waals surface area contributed by atoms with Crippen LogP contribution in [0.2, 0.25) is 0 Å². The van der Waals surface area contributed by atoms with Crippen molar-refractivity contribution in [1.82, 2.24) is 0 Å². The van der Waals surface area contributed by atoms with E-state index in [4.69, 9.17) is 9.47 Å². The van der Waals surface area contributed by atoms with Gasteiger partial charge in [0.05, 0.1) is 5.57 Å². The highest BCUT2D eigenvalue weighted by molar-refractivity contribution is 5.88. The highest BCUT2D eigenvalue weighted by atomic mass is 16.6. The average molecular weight is 278 g/mol. The van der Waals surface area contributed by atoms with Gasteiger partial charge in [0, 0.05) is 6.92 Å². The zero-order valence-corrected chi connectivity index (χ0v) is 12.0. The van der Waals surface area contributed by atoms with Crippen LogP contribution in [0.5, 0.6) is 0 Å². The molecule has 4 heteroatoms. The van der Waals surface area contributed by atoms with Crippen molar-refractivity contribution >= 4 is 11.9 Å². The Morgan fingerprint density at radius 1 is 1.15 bits per heavy atom. The molecule has 0 spiro atoms. The van der Waals surface area contributed by atoms with E-state index in [0.717, 1.165) is 24.2 Å². The third-order valence-electron chi connectivity index (χ3n) is 5.36. The number of hydrogen-bond acceptors (Lipinski definition) is 4. The van der Waals surface area contributed by atoms with Crippen molar-refractivity contribution in [2.75, 3.05) is 6.61 Å². The summed E-state index contributed by atoms with van der Waals surface area (Å²) in [4.78, 5) is 22.7. The second-order valence-corrected chi connectivity index (χ2v) is 6.48. The Balaban J connectivity index is 1.53. The molecule has 0 heterocycles. The fourth-order valence-corrected chi connectivity index (χ4v) is 4.61. The maximum absolute atomic E-state index is 12.0. The molecule has 3 rings (SSSR count). The minimum Gasteiger partial charge on any atom is -0.461 e. The highest BCUT2D eigenvalue weighted by Gasteiger charge is 2.55. The first-order chi connectivity index (χ1) is 9.56. The molecule has 5 atom stereocenters. The molecule has 0 aliphatic heterocycles. The second-order valence-electron chi connectivity index (χ2n) is 6.48. The lowest BCUT2D eigenvalue weighted by atomic mass is 9.80. The van der Waals surface area contributed by atoms with Crippen LogP contribution in [0.4, 0.5) is 0 Å². The van der Waals surface area contributed by atoms with E-state index in [1.807, 2.05) is 0 Å². The summed E-state index contributed by atoms with van der Waals surface area (Å²) >= 11 is 0. The van der Waals surface area contributed by atoms with E-state index in [1.54, 1.807) is 0 Å². The van der Waals surface area contributed by atoms with Crippen molar-refractivity contribution < 1.29 is 19.1 Å². The topological polar surface area (TPSA) is 52.6 Å². The second kappa shape index (κ2) is 5.23. The molecule has 0 radical (unpaired) electrons. The Hall–Kier alpha value is -1.32. The molecule has 20 heavy (non-hydrogen) atoms. The predicted octanol–water partition coefficient (Wildman–Crippen LogP) is 2.47.